The number of aryl methyl sites for hydroxylation is 2. The zero-order chi connectivity index (χ0) is 38.9. The van der Waals surface area contributed by atoms with Crippen molar-refractivity contribution in [3.8, 4) is 6.01 Å². The fraction of sp³-hybridized carbons (Fsp3) is 0.0541. The van der Waals surface area contributed by atoms with Crippen LogP contribution in [0.25, 0.3) is 21.5 Å². The molecule has 5 N–H and O–H groups in total. The summed E-state index contributed by atoms with van der Waals surface area (Å²) >= 11 is 0. The summed E-state index contributed by atoms with van der Waals surface area (Å²) in [6.07, 6.45) is 0. The molecule has 1 aromatic heterocycles. The molecule has 55 heavy (non-hydrogen) atoms. The Morgan fingerprint density at radius 1 is 0.491 bits per heavy atom. The van der Waals surface area contributed by atoms with Gasteiger partial charge in [0.25, 0.3) is 20.2 Å². The van der Waals surface area contributed by atoms with E-state index in [0.717, 1.165) is 11.1 Å². The van der Waals surface area contributed by atoms with Crippen molar-refractivity contribution >= 4 is 87.8 Å². The Kier molecular flexibility index (Phi) is 9.72. The largest absolute Gasteiger partial charge is 0.479 e. The first kappa shape index (κ1) is 36.6. The topological polar surface area (TPSA) is 241 Å². The van der Waals surface area contributed by atoms with E-state index in [0.29, 0.717) is 55.7 Å². The molecular weight excluding hydrogens is 747 g/mol. The van der Waals surface area contributed by atoms with E-state index in [1.807, 2.05) is 13.8 Å². The third kappa shape index (κ3) is 8.11. The highest BCUT2D eigenvalue weighted by Crippen LogP contribution is 2.35. The summed E-state index contributed by atoms with van der Waals surface area (Å²) in [6.45, 7) is 3.65. The van der Waals surface area contributed by atoms with E-state index < -0.39 is 26.2 Å². The lowest BCUT2D eigenvalue weighted by Gasteiger charge is -2.10. The van der Waals surface area contributed by atoms with E-state index in [1.165, 1.54) is 24.3 Å². The predicted molar refractivity (Wildman–Crippen MR) is 206 cm³/mol. The van der Waals surface area contributed by atoms with E-state index in [1.54, 1.807) is 84.9 Å². The van der Waals surface area contributed by atoms with Crippen LogP contribution in [0.3, 0.4) is 0 Å². The number of hydrogen-bond acceptors (Lipinski definition) is 14. The molecule has 0 saturated carbocycles. The highest BCUT2D eigenvalue weighted by molar-refractivity contribution is 7.86. The fourth-order valence-electron chi connectivity index (χ4n) is 5.78. The molecule has 0 aliphatic heterocycles. The molecule has 16 nitrogen and oxygen atoms in total. The second-order valence-corrected chi connectivity index (χ2v) is 14.9. The third-order valence-electron chi connectivity index (χ3n) is 8.34. The zero-order valence-corrected chi connectivity index (χ0v) is 30.4. The Labute approximate surface area is 313 Å². The number of azo groups is 2. The van der Waals surface area contributed by atoms with Gasteiger partial charge in [-0.2, -0.15) is 42.0 Å². The molecule has 1 heterocycles. The molecule has 0 bridgehead atoms. The molecule has 276 valence electrons. The minimum Gasteiger partial charge on any atom is -0.479 e. The van der Waals surface area contributed by atoms with Gasteiger partial charge in [-0.3, -0.25) is 9.11 Å². The maximum atomic E-state index is 11.8. The Morgan fingerprint density at radius 3 is 1.24 bits per heavy atom. The van der Waals surface area contributed by atoms with Gasteiger partial charge in [-0.15, -0.1) is 10.2 Å². The first-order chi connectivity index (χ1) is 26.2. The average molecular weight is 776 g/mol. The van der Waals surface area contributed by atoms with E-state index in [4.69, 9.17) is 0 Å². The van der Waals surface area contributed by atoms with Crippen molar-refractivity contribution < 1.29 is 31.0 Å². The summed E-state index contributed by atoms with van der Waals surface area (Å²) in [5.41, 5.74) is 4.55. The molecule has 0 fully saturated rings. The van der Waals surface area contributed by atoms with Gasteiger partial charge in [0.2, 0.25) is 11.9 Å². The molecular formula is C37H29N9O7S2. The second kappa shape index (κ2) is 14.6. The molecule has 0 saturated heterocycles. The van der Waals surface area contributed by atoms with Crippen LogP contribution in [0.15, 0.2) is 139 Å². The van der Waals surface area contributed by atoms with E-state index >= 15 is 0 Å². The van der Waals surface area contributed by atoms with Crippen LogP contribution in [-0.4, -0.2) is 46.0 Å². The molecule has 6 aromatic carbocycles. The van der Waals surface area contributed by atoms with Crippen LogP contribution in [-0.2, 0) is 20.2 Å². The summed E-state index contributed by atoms with van der Waals surface area (Å²) in [6, 6.07) is 28.8. The van der Waals surface area contributed by atoms with E-state index in [9.17, 15) is 31.0 Å². The van der Waals surface area contributed by atoms with Crippen molar-refractivity contribution in [2.45, 2.75) is 23.6 Å². The summed E-state index contributed by atoms with van der Waals surface area (Å²) in [5.74, 6) is 0.118. The van der Waals surface area contributed by atoms with Gasteiger partial charge < -0.3 is 15.7 Å². The number of fused-ring (bicyclic) bond motifs is 2. The number of aromatic nitrogens is 3. The second-order valence-electron chi connectivity index (χ2n) is 12.1. The molecule has 0 aliphatic carbocycles. The number of hydrogen-bond donors (Lipinski definition) is 5. The Balaban J connectivity index is 1.06. The fourth-order valence-corrected chi connectivity index (χ4v) is 7.17. The van der Waals surface area contributed by atoms with E-state index in [2.05, 4.69) is 46.0 Å². The number of anilines is 4. The smallest absolute Gasteiger partial charge is 0.320 e. The Bertz CT molecular complexity index is 2750. The Morgan fingerprint density at radius 2 is 0.855 bits per heavy atom. The minimum absolute atomic E-state index is 0.0588. The van der Waals surface area contributed by atoms with Crippen molar-refractivity contribution in [3.63, 3.8) is 0 Å². The maximum absolute atomic E-state index is 11.8. The van der Waals surface area contributed by atoms with Gasteiger partial charge in [-0.1, -0.05) is 48.5 Å². The lowest BCUT2D eigenvalue weighted by molar-refractivity contribution is 0.430. The summed E-state index contributed by atoms with van der Waals surface area (Å²) in [4.78, 5) is 11.9. The molecule has 0 unspecified atom stereocenters. The molecule has 0 spiro atoms. The first-order valence-electron chi connectivity index (χ1n) is 16.3. The zero-order valence-electron chi connectivity index (χ0n) is 28.8. The summed E-state index contributed by atoms with van der Waals surface area (Å²) < 4.78 is 66.6. The van der Waals surface area contributed by atoms with Crippen LogP contribution in [0, 0.1) is 13.8 Å². The molecule has 0 atom stereocenters. The number of benzene rings is 6. The molecule has 7 aromatic rings. The first-order valence-corrected chi connectivity index (χ1v) is 19.1. The molecule has 18 heteroatoms. The van der Waals surface area contributed by atoms with Crippen LogP contribution in [0.2, 0.25) is 0 Å². The Hall–Kier alpha value is -6.73. The van der Waals surface area contributed by atoms with Gasteiger partial charge in [-0.25, -0.2) is 0 Å². The monoisotopic (exact) mass is 775 g/mol. The van der Waals surface area contributed by atoms with Crippen molar-refractivity contribution in [2.24, 2.45) is 20.5 Å². The molecule has 7 rings (SSSR count). The van der Waals surface area contributed by atoms with Crippen molar-refractivity contribution in [2.75, 3.05) is 10.6 Å². The van der Waals surface area contributed by atoms with Crippen molar-refractivity contribution in [1.29, 1.82) is 0 Å². The lowest BCUT2D eigenvalue weighted by atomic mass is 10.1. The van der Waals surface area contributed by atoms with E-state index in [-0.39, 0.29) is 21.7 Å². The maximum Gasteiger partial charge on any atom is 0.320 e. The quantitative estimate of drug-likeness (QED) is 0.0645. The number of nitrogens with zero attached hydrogens (tertiary/aromatic N) is 7. The standard InChI is InChI=1S/C37H29N9O7S2/c1-21-19-23(11-13-29(21)43-45-31-15-17-33(54(48,49)50)27-9-5-3-7-25(27)31)38-35-40-36(42-37(47)41-35)39-24-12-14-30(22(2)20-24)44-46-32-16-18-34(55(51,52)53)28-10-6-4-8-26(28)32/h3-20H,1-2H3,(H,48,49,50)(H,51,52,53)(H3,38,39,40,41,42,47)/b45-43+,46-44+. The molecule has 0 radical (unpaired) electrons. The van der Waals surface area contributed by atoms with Crippen LogP contribution in [0.1, 0.15) is 11.1 Å². The van der Waals surface area contributed by atoms with Crippen molar-refractivity contribution in [3.05, 3.63) is 120 Å². The number of nitrogens with one attached hydrogen (secondary N) is 2. The van der Waals surface area contributed by atoms with Gasteiger partial charge in [-0.05, 0) is 85.6 Å². The third-order valence-corrected chi connectivity index (χ3v) is 10.2. The van der Waals surface area contributed by atoms with Gasteiger partial charge in [0, 0.05) is 32.9 Å². The van der Waals surface area contributed by atoms with Gasteiger partial charge in [0.15, 0.2) is 0 Å². The van der Waals surface area contributed by atoms with Crippen LogP contribution >= 0.6 is 0 Å². The minimum atomic E-state index is -4.43. The van der Waals surface area contributed by atoms with Gasteiger partial charge in [0.1, 0.15) is 9.79 Å². The van der Waals surface area contributed by atoms with Crippen molar-refractivity contribution in [1.82, 2.24) is 15.0 Å². The highest BCUT2D eigenvalue weighted by atomic mass is 32.2. The summed E-state index contributed by atoms with van der Waals surface area (Å²) in [7, 11) is -8.86. The number of rotatable bonds is 10. The normalized spacial score (nSPS) is 12.2. The lowest BCUT2D eigenvalue weighted by Crippen LogP contribution is -2.03. The highest BCUT2D eigenvalue weighted by Gasteiger charge is 2.17. The van der Waals surface area contributed by atoms with Crippen LogP contribution in [0.5, 0.6) is 6.01 Å². The van der Waals surface area contributed by atoms with Gasteiger partial charge in [0.05, 0.1) is 22.7 Å². The predicted octanol–water partition coefficient (Wildman–Crippen LogP) is 9.31. The average Bonchev–Trinajstić information content (AvgIpc) is 3.13. The van der Waals surface area contributed by atoms with Crippen LogP contribution < -0.4 is 10.6 Å². The van der Waals surface area contributed by atoms with Crippen LogP contribution in [0.4, 0.5) is 46.0 Å². The molecule has 0 aliphatic rings. The van der Waals surface area contributed by atoms with Gasteiger partial charge >= 0.3 is 6.01 Å². The summed E-state index contributed by atoms with van der Waals surface area (Å²) in [5, 5.41) is 35.4. The SMILES string of the molecule is Cc1cc(Nc2nc(O)nc(Nc3ccc(/N=N/c4ccc(S(=O)(=O)O)c5ccccc45)c(C)c3)n2)ccc1/N=N/c1ccc(S(=O)(=O)O)c2ccccc12. The number of aromatic hydroxyl groups is 1. The molecule has 0 amide bonds.